The lowest BCUT2D eigenvalue weighted by Gasteiger charge is -2.29. The zero-order valence-corrected chi connectivity index (χ0v) is 13.8. The zero-order chi connectivity index (χ0) is 16.9. The highest BCUT2D eigenvalue weighted by Gasteiger charge is 2.24. The van der Waals surface area contributed by atoms with Crippen LogP contribution >= 0.6 is 0 Å². The van der Waals surface area contributed by atoms with Crippen LogP contribution in [0.5, 0.6) is 5.75 Å². The second-order valence-corrected chi connectivity index (χ2v) is 5.96. The molecule has 0 bridgehead atoms. The molecule has 7 nitrogen and oxygen atoms in total. The van der Waals surface area contributed by atoms with Crippen LogP contribution < -0.4 is 20.3 Å². The van der Waals surface area contributed by atoms with Crippen molar-refractivity contribution in [1.29, 1.82) is 0 Å². The number of anilines is 2. The van der Waals surface area contributed by atoms with Crippen LogP contribution in [0.3, 0.4) is 0 Å². The van der Waals surface area contributed by atoms with Gasteiger partial charge in [0.25, 0.3) is 0 Å². The zero-order valence-electron chi connectivity index (χ0n) is 13.8. The molecule has 0 saturated carbocycles. The van der Waals surface area contributed by atoms with Crippen molar-refractivity contribution in [3.8, 4) is 5.75 Å². The van der Waals surface area contributed by atoms with Crippen molar-refractivity contribution in [2.45, 2.75) is 25.3 Å². The molecule has 7 heteroatoms. The normalized spacial score (nSPS) is 21.5. The molecule has 2 aliphatic rings. The SMILES string of the molecule is COc1ccc(NC(=O)C2COCCN2)cc1N1CCCCC1=O. The third-order valence-electron chi connectivity index (χ3n) is 4.30. The predicted molar refractivity (Wildman–Crippen MR) is 90.4 cm³/mol. The van der Waals surface area contributed by atoms with Crippen LogP contribution in [0.15, 0.2) is 18.2 Å². The number of ether oxygens (including phenoxy) is 2. The molecule has 0 aromatic heterocycles. The van der Waals surface area contributed by atoms with E-state index in [9.17, 15) is 9.59 Å². The molecule has 1 aromatic carbocycles. The van der Waals surface area contributed by atoms with Gasteiger partial charge >= 0.3 is 0 Å². The van der Waals surface area contributed by atoms with E-state index in [2.05, 4.69) is 10.6 Å². The fraction of sp³-hybridized carbons (Fsp3) is 0.529. The number of rotatable bonds is 4. The van der Waals surface area contributed by atoms with Gasteiger partial charge in [-0.1, -0.05) is 0 Å². The summed E-state index contributed by atoms with van der Waals surface area (Å²) in [7, 11) is 1.58. The minimum absolute atomic E-state index is 0.0883. The summed E-state index contributed by atoms with van der Waals surface area (Å²) in [5, 5.41) is 6.00. The lowest BCUT2D eigenvalue weighted by atomic mass is 10.1. The molecule has 2 heterocycles. The van der Waals surface area contributed by atoms with Gasteiger partial charge in [0.15, 0.2) is 0 Å². The van der Waals surface area contributed by atoms with E-state index in [0.717, 1.165) is 12.8 Å². The number of carbonyl (C=O) groups excluding carboxylic acids is 2. The predicted octanol–water partition coefficient (Wildman–Crippen LogP) is 1.14. The molecule has 2 amide bonds. The molecule has 1 aromatic rings. The van der Waals surface area contributed by atoms with Crippen LogP contribution in [0.1, 0.15) is 19.3 Å². The van der Waals surface area contributed by atoms with E-state index in [4.69, 9.17) is 9.47 Å². The monoisotopic (exact) mass is 333 g/mol. The molecule has 0 spiro atoms. The van der Waals surface area contributed by atoms with Gasteiger partial charge in [-0.3, -0.25) is 9.59 Å². The summed E-state index contributed by atoms with van der Waals surface area (Å²) in [5.41, 5.74) is 1.34. The standard InChI is InChI=1S/C17H23N3O4/c1-23-15-6-5-12(19-17(22)13-11-24-9-7-18-13)10-14(15)20-8-3-2-4-16(20)21/h5-6,10,13,18H,2-4,7-9,11H2,1H3,(H,19,22). The number of morpholine rings is 1. The fourth-order valence-electron chi connectivity index (χ4n) is 3.00. The highest BCUT2D eigenvalue weighted by Crippen LogP contribution is 2.33. The minimum atomic E-state index is -0.360. The lowest BCUT2D eigenvalue weighted by Crippen LogP contribution is -2.48. The molecule has 2 N–H and O–H groups in total. The van der Waals surface area contributed by atoms with Crippen LogP contribution in [0.2, 0.25) is 0 Å². The highest BCUT2D eigenvalue weighted by atomic mass is 16.5. The Hall–Kier alpha value is -2.12. The number of amides is 2. The Morgan fingerprint density at radius 1 is 1.42 bits per heavy atom. The smallest absolute Gasteiger partial charge is 0.243 e. The van der Waals surface area contributed by atoms with E-state index in [1.165, 1.54) is 0 Å². The Kier molecular flexibility index (Phi) is 5.32. The van der Waals surface area contributed by atoms with E-state index >= 15 is 0 Å². The number of nitrogens with zero attached hydrogens (tertiary/aromatic N) is 1. The third-order valence-corrected chi connectivity index (χ3v) is 4.30. The number of nitrogens with one attached hydrogen (secondary N) is 2. The van der Waals surface area contributed by atoms with E-state index < -0.39 is 0 Å². The van der Waals surface area contributed by atoms with Gasteiger partial charge in [-0.2, -0.15) is 0 Å². The molecule has 2 saturated heterocycles. The maximum absolute atomic E-state index is 12.3. The number of hydrogen-bond donors (Lipinski definition) is 2. The Labute approximate surface area is 141 Å². The molecule has 1 atom stereocenters. The van der Waals surface area contributed by atoms with Crippen LogP contribution in [0.4, 0.5) is 11.4 Å². The molecule has 24 heavy (non-hydrogen) atoms. The van der Waals surface area contributed by atoms with Gasteiger partial charge in [0.1, 0.15) is 11.8 Å². The largest absolute Gasteiger partial charge is 0.495 e. The number of piperidine rings is 1. The molecule has 2 aliphatic heterocycles. The van der Waals surface area contributed by atoms with Crippen LogP contribution in [0.25, 0.3) is 0 Å². The number of benzene rings is 1. The van der Waals surface area contributed by atoms with Gasteiger partial charge in [0.05, 0.1) is 26.0 Å². The van der Waals surface area contributed by atoms with Crippen molar-refractivity contribution in [2.75, 3.05) is 43.6 Å². The molecular weight excluding hydrogens is 310 g/mol. The highest BCUT2D eigenvalue weighted by molar-refractivity contribution is 5.98. The average molecular weight is 333 g/mol. The van der Waals surface area contributed by atoms with Crippen LogP contribution in [-0.2, 0) is 14.3 Å². The minimum Gasteiger partial charge on any atom is -0.495 e. The van der Waals surface area contributed by atoms with Crippen molar-refractivity contribution in [3.63, 3.8) is 0 Å². The van der Waals surface area contributed by atoms with Gasteiger partial charge < -0.3 is 25.0 Å². The Bertz CT molecular complexity index is 614. The van der Waals surface area contributed by atoms with Gasteiger partial charge in [0, 0.05) is 25.2 Å². The molecule has 0 radical (unpaired) electrons. The van der Waals surface area contributed by atoms with Crippen molar-refractivity contribution < 1.29 is 19.1 Å². The summed E-state index contributed by atoms with van der Waals surface area (Å²) < 4.78 is 10.7. The molecular formula is C17H23N3O4. The summed E-state index contributed by atoms with van der Waals surface area (Å²) in [4.78, 5) is 26.2. The number of methoxy groups -OCH3 is 1. The van der Waals surface area contributed by atoms with Gasteiger partial charge in [-0.25, -0.2) is 0 Å². The third kappa shape index (κ3) is 3.68. The van der Waals surface area contributed by atoms with E-state index in [1.807, 2.05) is 0 Å². The molecule has 130 valence electrons. The first kappa shape index (κ1) is 16.7. The van der Waals surface area contributed by atoms with Gasteiger partial charge in [0.2, 0.25) is 11.8 Å². The number of carbonyl (C=O) groups is 2. The average Bonchev–Trinajstić information content (AvgIpc) is 2.63. The summed E-state index contributed by atoms with van der Waals surface area (Å²) in [6, 6.07) is 4.99. The molecule has 0 aliphatic carbocycles. The van der Waals surface area contributed by atoms with E-state index in [1.54, 1.807) is 30.2 Å². The summed E-state index contributed by atoms with van der Waals surface area (Å²) in [6.45, 7) is 2.31. The van der Waals surface area contributed by atoms with Crippen molar-refractivity contribution in [2.24, 2.45) is 0 Å². The summed E-state index contributed by atoms with van der Waals surface area (Å²) >= 11 is 0. The maximum atomic E-state index is 12.3. The van der Waals surface area contributed by atoms with E-state index in [-0.39, 0.29) is 17.9 Å². The second-order valence-electron chi connectivity index (χ2n) is 5.96. The summed E-state index contributed by atoms with van der Waals surface area (Å²) in [6.07, 6.45) is 2.43. The molecule has 2 fully saturated rings. The first-order valence-electron chi connectivity index (χ1n) is 8.29. The van der Waals surface area contributed by atoms with Crippen LogP contribution in [0, 0.1) is 0 Å². The Balaban J connectivity index is 1.78. The number of hydrogen-bond acceptors (Lipinski definition) is 5. The van der Waals surface area contributed by atoms with Crippen LogP contribution in [-0.4, -0.2) is 51.3 Å². The first-order chi connectivity index (χ1) is 11.7. The van der Waals surface area contributed by atoms with Crippen molar-refractivity contribution in [3.05, 3.63) is 18.2 Å². The topological polar surface area (TPSA) is 79.9 Å². The lowest BCUT2D eigenvalue weighted by molar-refractivity contribution is -0.121. The second kappa shape index (κ2) is 7.63. The van der Waals surface area contributed by atoms with Gasteiger partial charge in [-0.05, 0) is 31.0 Å². The van der Waals surface area contributed by atoms with Crippen molar-refractivity contribution >= 4 is 23.2 Å². The van der Waals surface area contributed by atoms with E-state index in [0.29, 0.717) is 49.8 Å². The first-order valence-corrected chi connectivity index (χ1v) is 8.29. The fourth-order valence-corrected chi connectivity index (χ4v) is 3.00. The molecule has 3 rings (SSSR count). The van der Waals surface area contributed by atoms with Crippen molar-refractivity contribution in [1.82, 2.24) is 5.32 Å². The Morgan fingerprint density at radius 2 is 2.29 bits per heavy atom. The maximum Gasteiger partial charge on any atom is 0.243 e. The molecule has 1 unspecified atom stereocenters. The summed E-state index contributed by atoms with van der Waals surface area (Å²) in [5.74, 6) is 0.573. The Morgan fingerprint density at radius 3 is 3.00 bits per heavy atom. The van der Waals surface area contributed by atoms with Gasteiger partial charge in [-0.15, -0.1) is 0 Å². The quantitative estimate of drug-likeness (QED) is 0.864.